The van der Waals surface area contributed by atoms with Gasteiger partial charge in [0.1, 0.15) is 17.6 Å². The molecule has 1 aliphatic heterocycles. The summed E-state index contributed by atoms with van der Waals surface area (Å²) in [5.74, 6) is -0.105. The lowest BCUT2D eigenvalue weighted by Gasteiger charge is -2.27. The van der Waals surface area contributed by atoms with Crippen molar-refractivity contribution in [1.29, 1.82) is 0 Å². The van der Waals surface area contributed by atoms with Crippen LogP contribution >= 0.6 is 11.6 Å². The third-order valence-corrected chi connectivity index (χ3v) is 4.04. The zero-order chi connectivity index (χ0) is 18.0. The number of hydrogen-bond acceptors (Lipinski definition) is 4. The van der Waals surface area contributed by atoms with E-state index in [1.54, 1.807) is 12.3 Å². The highest BCUT2D eigenvalue weighted by Gasteiger charge is 2.27. The van der Waals surface area contributed by atoms with Crippen LogP contribution in [0.3, 0.4) is 0 Å². The lowest BCUT2D eigenvalue weighted by molar-refractivity contribution is -0.118. The van der Waals surface area contributed by atoms with E-state index in [2.05, 4.69) is 20.6 Å². The van der Waals surface area contributed by atoms with E-state index < -0.39 is 11.9 Å². The van der Waals surface area contributed by atoms with Gasteiger partial charge in [-0.25, -0.2) is 4.39 Å². The molecule has 3 rings (SSSR count). The van der Waals surface area contributed by atoms with E-state index in [1.807, 2.05) is 25.1 Å². The number of nitrogens with one attached hydrogen (secondary N) is 2. The first-order valence-electron chi connectivity index (χ1n) is 7.65. The summed E-state index contributed by atoms with van der Waals surface area (Å²) >= 11 is 6.23. The molecule has 5 nitrogen and oxygen atoms in total. The minimum atomic E-state index is -0.574. The Hall–Kier alpha value is -2.73. The van der Waals surface area contributed by atoms with Crippen molar-refractivity contribution in [2.75, 3.05) is 0 Å². The van der Waals surface area contributed by atoms with Crippen LogP contribution in [0, 0.1) is 5.82 Å². The molecule has 1 atom stereocenters. The zero-order valence-corrected chi connectivity index (χ0v) is 14.4. The Labute approximate surface area is 149 Å². The highest BCUT2D eigenvalue weighted by atomic mass is 35.5. The number of nitrogens with zero attached hydrogens (tertiary/aromatic N) is 2. The fraction of sp³-hybridized carbons (Fsp3) is 0.167. The van der Waals surface area contributed by atoms with Crippen LogP contribution in [0.1, 0.15) is 31.1 Å². The number of aromatic nitrogens is 1. The molecule has 2 N–H and O–H groups in total. The number of carbonyl (C=O) groups is 1. The van der Waals surface area contributed by atoms with Crippen LogP contribution in [0.15, 0.2) is 59.0 Å². The molecule has 1 amide bonds. The Balaban J connectivity index is 2.11. The second kappa shape index (κ2) is 7.03. The van der Waals surface area contributed by atoms with Gasteiger partial charge in [-0.1, -0.05) is 23.7 Å². The predicted molar refractivity (Wildman–Crippen MR) is 94.6 cm³/mol. The summed E-state index contributed by atoms with van der Waals surface area (Å²) in [6.45, 7) is 3.24. The molecule has 1 unspecified atom stereocenters. The minimum Gasteiger partial charge on any atom is -0.341 e. The second-order valence-corrected chi connectivity index (χ2v) is 6.01. The fourth-order valence-corrected chi connectivity index (χ4v) is 2.88. The molecule has 0 spiro atoms. The molecule has 7 heteroatoms. The fourth-order valence-electron chi connectivity index (χ4n) is 2.61. The highest BCUT2D eigenvalue weighted by Crippen LogP contribution is 2.34. The number of amidine groups is 1. The standard InChI is InChI=1S/C18H16ClFN4O/c1-10-16(23-11(2)25)17(13-7-6-12(20)9-14(13)19)24-18(22-10)15-5-3-4-8-21-15/h3-9,17H,1-2H3,(H,22,24)(H,23,25). The number of allylic oxidation sites excluding steroid dienone is 1. The average molecular weight is 359 g/mol. The van der Waals surface area contributed by atoms with E-state index in [0.29, 0.717) is 22.8 Å². The van der Waals surface area contributed by atoms with E-state index in [-0.39, 0.29) is 10.9 Å². The summed E-state index contributed by atoms with van der Waals surface area (Å²) < 4.78 is 13.4. The van der Waals surface area contributed by atoms with Crippen LogP contribution in [-0.2, 0) is 4.79 Å². The Kier molecular flexibility index (Phi) is 4.81. The van der Waals surface area contributed by atoms with Crippen molar-refractivity contribution < 1.29 is 9.18 Å². The average Bonchev–Trinajstić information content (AvgIpc) is 2.57. The Bertz CT molecular complexity index is 880. The van der Waals surface area contributed by atoms with Gasteiger partial charge < -0.3 is 10.6 Å². The molecule has 0 saturated heterocycles. The van der Waals surface area contributed by atoms with Gasteiger partial charge in [0.25, 0.3) is 0 Å². The molecular weight excluding hydrogens is 343 g/mol. The van der Waals surface area contributed by atoms with Gasteiger partial charge in [0.05, 0.1) is 5.70 Å². The van der Waals surface area contributed by atoms with E-state index in [0.717, 1.165) is 5.70 Å². The summed E-state index contributed by atoms with van der Waals surface area (Å²) in [5.41, 5.74) is 2.55. The molecule has 1 aliphatic rings. The maximum Gasteiger partial charge on any atom is 0.221 e. The molecule has 0 radical (unpaired) electrons. The summed E-state index contributed by atoms with van der Waals surface area (Å²) in [4.78, 5) is 20.6. The van der Waals surface area contributed by atoms with Crippen LogP contribution in [0.2, 0.25) is 5.02 Å². The van der Waals surface area contributed by atoms with Crippen molar-refractivity contribution in [3.05, 3.63) is 76.1 Å². The van der Waals surface area contributed by atoms with Gasteiger partial charge in [0.2, 0.25) is 5.91 Å². The smallest absolute Gasteiger partial charge is 0.221 e. The van der Waals surface area contributed by atoms with Gasteiger partial charge in [0, 0.05) is 29.4 Å². The van der Waals surface area contributed by atoms with Crippen LogP contribution < -0.4 is 10.6 Å². The molecular formula is C18H16ClFN4O. The van der Waals surface area contributed by atoms with Gasteiger partial charge in [-0.05, 0) is 31.2 Å². The Morgan fingerprint density at radius 1 is 1.32 bits per heavy atom. The molecule has 25 heavy (non-hydrogen) atoms. The quantitative estimate of drug-likeness (QED) is 0.884. The minimum absolute atomic E-state index is 0.226. The third kappa shape index (κ3) is 3.69. The number of benzene rings is 1. The van der Waals surface area contributed by atoms with Gasteiger partial charge in [-0.15, -0.1) is 0 Å². The van der Waals surface area contributed by atoms with Crippen molar-refractivity contribution >= 4 is 23.3 Å². The molecule has 2 heterocycles. The maximum atomic E-state index is 13.4. The molecule has 128 valence electrons. The summed E-state index contributed by atoms with van der Waals surface area (Å²) in [5, 5.41) is 6.19. The molecule has 0 aliphatic carbocycles. The zero-order valence-electron chi connectivity index (χ0n) is 13.7. The van der Waals surface area contributed by atoms with Crippen molar-refractivity contribution in [3.8, 4) is 0 Å². The van der Waals surface area contributed by atoms with Gasteiger partial charge in [0.15, 0.2) is 5.84 Å². The van der Waals surface area contributed by atoms with Gasteiger partial charge in [-0.2, -0.15) is 0 Å². The number of halogens is 2. The van der Waals surface area contributed by atoms with E-state index in [9.17, 15) is 9.18 Å². The SMILES string of the molecule is CC(=O)NC1=C(C)NC(c2ccccn2)=NC1c1ccc(F)cc1Cl. The molecule has 1 aromatic carbocycles. The van der Waals surface area contributed by atoms with E-state index in [1.165, 1.54) is 19.1 Å². The molecule has 0 saturated carbocycles. The van der Waals surface area contributed by atoms with E-state index in [4.69, 9.17) is 11.6 Å². The first kappa shape index (κ1) is 17.1. The number of pyridine rings is 1. The molecule has 0 bridgehead atoms. The van der Waals surface area contributed by atoms with Crippen LogP contribution in [0.5, 0.6) is 0 Å². The van der Waals surface area contributed by atoms with Crippen molar-refractivity contribution in [3.63, 3.8) is 0 Å². The second-order valence-electron chi connectivity index (χ2n) is 5.61. The van der Waals surface area contributed by atoms with E-state index >= 15 is 0 Å². The molecule has 0 fully saturated rings. The van der Waals surface area contributed by atoms with Crippen molar-refractivity contribution in [1.82, 2.24) is 15.6 Å². The number of amides is 1. The number of aliphatic imine (C=N–C) groups is 1. The summed E-state index contributed by atoms with van der Waals surface area (Å²) in [6.07, 6.45) is 1.67. The largest absolute Gasteiger partial charge is 0.341 e. The number of carbonyl (C=O) groups excluding carboxylic acids is 1. The van der Waals surface area contributed by atoms with Crippen molar-refractivity contribution in [2.45, 2.75) is 19.9 Å². The third-order valence-electron chi connectivity index (χ3n) is 3.72. The maximum absolute atomic E-state index is 13.4. The van der Waals surface area contributed by atoms with Crippen molar-refractivity contribution in [2.24, 2.45) is 4.99 Å². The summed E-state index contributed by atoms with van der Waals surface area (Å²) in [6, 6.07) is 9.04. The monoisotopic (exact) mass is 358 g/mol. The van der Waals surface area contributed by atoms with Gasteiger partial charge >= 0.3 is 0 Å². The Morgan fingerprint density at radius 2 is 2.12 bits per heavy atom. The van der Waals surface area contributed by atoms with Crippen LogP contribution in [0.4, 0.5) is 4.39 Å². The highest BCUT2D eigenvalue weighted by molar-refractivity contribution is 6.31. The van der Waals surface area contributed by atoms with Crippen LogP contribution in [0.25, 0.3) is 0 Å². The first-order valence-corrected chi connectivity index (χ1v) is 8.03. The lowest BCUT2D eigenvalue weighted by Crippen LogP contribution is -2.36. The normalized spacial score (nSPS) is 17.0. The lowest BCUT2D eigenvalue weighted by atomic mass is 10.0. The molecule has 2 aromatic rings. The topological polar surface area (TPSA) is 66.4 Å². The molecule has 1 aromatic heterocycles. The number of rotatable bonds is 3. The van der Waals surface area contributed by atoms with Crippen LogP contribution in [-0.4, -0.2) is 16.7 Å². The predicted octanol–water partition coefficient (Wildman–Crippen LogP) is 3.33. The Morgan fingerprint density at radius 3 is 2.76 bits per heavy atom. The first-order chi connectivity index (χ1) is 12.0. The summed E-state index contributed by atoms with van der Waals surface area (Å²) in [7, 11) is 0. The number of hydrogen-bond donors (Lipinski definition) is 2. The van der Waals surface area contributed by atoms with Gasteiger partial charge in [-0.3, -0.25) is 14.8 Å².